The van der Waals surface area contributed by atoms with Gasteiger partial charge in [-0.3, -0.25) is 4.79 Å². The zero-order chi connectivity index (χ0) is 18.4. The molecule has 1 aromatic heterocycles. The molecule has 0 unspecified atom stereocenters. The number of halogens is 1. The number of carbonyl (C=O) groups is 1. The number of hydrogen-bond acceptors (Lipinski definition) is 3. The Labute approximate surface area is 152 Å². The molecule has 7 heteroatoms. The summed E-state index contributed by atoms with van der Waals surface area (Å²) in [5, 5.41) is 3.29. The number of nitrogens with zero attached hydrogens (tertiary/aromatic N) is 3. The molecular formula is C19H23FN4O2. The fourth-order valence-electron chi connectivity index (χ4n) is 2.86. The Morgan fingerprint density at radius 1 is 1.15 bits per heavy atom. The lowest BCUT2D eigenvalue weighted by molar-refractivity contribution is 0.0657. The highest BCUT2D eigenvalue weighted by atomic mass is 19.1. The van der Waals surface area contributed by atoms with E-state index in [1.54, 1.807) is 29.2 Å². The third-order valence-electron chi connectivity index (χ3n) is 4.26. The third kappa shape index (κ3) is 4.41. The fourth-order valence-corrected chi connectivity index (χ4v) is 2.86. The molecule has 26 heavy (non-hydrogen) atoms. The van der Waals surface area contributed by atoms with Crippen LogP contribution in [0, 0.1) is 5.82 Å². The van der Waals surface area contributed by atoms with Gasteiger partial charge in [-0.1, -0.05) is 12.1 Å². The van der Waals surface area contributed by atoms with Gasteiger partial charge in [-0.15, -0.1) is 0 Å². The number of hydrogen-bond donors (Lipinski definition) is 1. The summed E-state index contributed by atoms with van der Waals surface area (Å²) in [5.41, 5.74) is 0.952. The Morgan fingerprint density at radius 3 is 2.46 bits per heavy atom. The summed E-state index contributed by atoms with van der Waals surface area (Å²) in [7, 11) is 0. The zero-order valence-corrected chi connectivity index (χ0v) is 14.8. The predicted molar refractivity (Wildman–Crippen MR) is 97.4 cm³/mol. The van der Waals surface area contributed by atoms with Crippen LogP contribution in [0.25, 0.3) is 0 Å². The van der Waals surface area contributed by atoms with E-state index in [1.165, 1.54) is 18.4 Å². The van der Waals surface area contributed by atoms with E-state index in [9.17, 15) is 9.18 Å². The minimum absolute atomic E-state index is 0.0806. The molecule has 1 aromatic carbocycles. The van der Waals surface area contributed by atoms with Crippen LogP contribution < -0.4 is 5.32 Å². The van der Waals surface area contributed by atoms with Crippen molar-refractivity contribution in [2.75, 3.05) is 32.7 Å². The van der Waals surface area contributed by atoms with Gasteiger partial charge in [-0.05, 0) is 36.8 Å². The molecule has 1 fully saturated rings. The average molecular weight is 358 g/mol. The van der Waals surface area contributed by atoms with Crippen molar-refractivity contribution in [2.45, 2.75) is 13.5 Å². The van der Waals surface area contributed by atoms with Crippen LogP contribution >= 0.6 is 0 Å². The van der Waals surface area contributed by atoms with Gasteiger partial charge in [-0.25, -0.2) is 9.38 Å². The quantitative estimate of drug-likeness (QED) is 0.673. The Balaban J connectivity index is 1.60. The second-order valence-corrected chi connectivity index (χ2v) is 6.05. The largest absolute Gasteiger partial charge is 0.459 e. The van der Waals surface area contributed by atoms with Crippen LogP contribution in [0.15, 0.2) is 52.1 Å². The van der Waals surface area contributed by atoms with Gasteiger partial charge < -0.3 is 19.5 Å². The Bertz CT molecular complexity index is 735. The standard InChI is InChI=1S/C19H23FN4O2/c1-2-21-19(22-14-15-5-7-16(20)8-6-15)24-11-9-23(10-12-24)18(25)17-4-3-13-26-17/h3-8,13H,2,9-12,14H2,1H3,(H,21,22). The number of nitrogens with one attached hydrogen (secondary N) is 1. The Morgan fingerprint density at radius 2 is 1.85 bits per heavy atom. The van der Waals surface area contributed by atoms with Crippen LogP contribution in [0.3, 0.4) is 0 Å². The van der Waals surface area contributed by atoms with Gasteiger partial charge in [0.1, 0.15) is 5.82 Å². The third-order valence-corrected chi connectivity index (χ3v) is 4.26. The molecule has 1 aliphatic heterocycles. The van der Waals surface area contributed by atoms with Crippen molar-refractivity contribution in [3.63, 3.8) is 0 Å². The van der Waals surface area contributed by atoms with E-state index >= 15 is 0 Å². The summed E-state index contributed by atoms with van der Waals surface area (Å²) < 4.78 is 18.2. The molecule has 0 radical (unpaired) electrons. The van der Waals surface area contributed by atoms with E-state index in [4.69, 9.17) is 4.42 Å². The predicted octanol–water partition coefficient (Wildman–Crippen LogP) is 2.34. The topological polar surface area (TPSA) is 61.1 Å². The van der Waals surface area contributed by atoms with Crippen LogP contribution in [0.5, 0.6) is 0 Å². The number of furan rings is 1. The van der Waals surface area contributed by atoms with Crippen molar-refractivity contribution in [1.29, 1.82) is 0 Å². The monoisotopic (exact) mass is 358 g/mol. The molecule has 3 rings (SSSR count). The number of aliphatic imine (C=N–C) groups is 1. The van der Waals surface area contributed by atoms with Crippen molar-refractivity contribution in [3.05, 3.63) is 59.8 Å². The molecule has 0 aliphatic carbocycles. The molecule has 0 spiro atoms. The lowest BCUT2D eigenvalue weighted by atomic mass is 10.2. The molecule has 1 N–H and O–H groups in total. The number of guanidine groups is 1. The van der Waals surface area contributed by atoms with Gasteiger partial charge in [0.2, 0.25) is 0 Å². The number of benzene rings is 1. The van der Waals surface area contributed by atoms with Crippen LogP contribution in [-0.2, 0) is 6.54 Å². The van der Waals surface area contributed by atoms with Crippen molar-refractivity contribution >= 4 is 11.9 Å². The second kappa shape index (κ2) is 8.51. The van der Waals surface area contributed by atoms with Gasteiger partial charge >= 0.3 is 0 Å². The van der Waals surface area contributed by atoms with Crippen molar-refractivity contribution in [1.82, 2.24) is 15.1 Å². The maximum atomic E-state index is 13.0. The van der Waals surface area contributed by atoms with Gasteiger partial charge in [-0.2, -0.15) is 0 Å². The Kier molecular flexibility index (Phi) is 5.88. The normalized spacial score (nSPS) is 15.2. The number of piperazine rings is 1. The molecule has 2 aromatic rings. The van der Waals surface area contributed by atoms with Gasteiger partial charge in [0.15, 0.2) is 11.7 Å². The highest BCUT2D eigenvalue weighted by Crippen LogP contribution is 2.10. The van der Waals surface area contributed by atoms with E-state index in [1.807, 2.05) is 6.92 Å². The molecule has 1 aliphatic rings. The highest BCUT2D eigenvalue weighted by Gasteiger charge is 2.25. The molecule has 1 saturated heterocycles. The van der Waals surface area contributed by atoms with Crippen molar-refractivity contribution < 1.29 is 13.6 Å². The summed E-state index contributed by atoms with van der Waals surface area (Å²) in [4.78, 5) is 20.9. The number of carbonyl (C=O) groups excluding carboxylic acids is 1. The minimum atomic E-state index is -0.248. The van der Waals surface area contributed by atoms with E-state index in [0.717, 1.165) is 18.1 Å². The molecule has 0 atom stereocenters. The first kappa shape index (κ1) is 18.0. The SMILES string of the molecule is CCNC(=NCc1ccc(F)cc1)N1CCN(C(=O)c2ccco2)CC1. The first-order valence-corrected chi connectivity index (χ1v) is 8.78. The molecule has 6 nitrogen and oxygen atoms in total. The van der Waals surface area contributed by atoms with E-state index in [2.05, 4.69) is 15.2 Å². The average Bonchev–Trinajstić information content (AvgIpc) is 3.21. The van der Waals surface area contributed by atoms with E-state index in [0.29, 0.717) is 38.5 Å². The van der Waals surface area contributed by atoms with E-state index < -0.39 is 0 Å². The Hall–Kier alpha value is -2.83. The molecule has 0 saturated carbocycles. The highest BCUT2D eigenvalue weighted by molar-refractivity contribution is 5.91. The number of rotatable bonds is 4. The molecule has 2 heterocycles. The lowest BCUT2D eigenvalue weighted by Gasteiger charge is -2.36. The van der Waals surface area contributed by atoms with Crippen molar-refractivity contribution in [2.24, 2.45) is 4.99 Å². The summed E-state index contributed by atoms with van der Waals surface area (Å²) in [6.07, 6.45) is 1.51. The second-order valence-electron chi connectivity index (χ2n) is 6.05. The van der Waals surface area contributed by atoms with Crippen LogP contribution in [0.2, 0.25) is 0 Å². The van der Waals surface area contributed by atoms with Gasteiger partial charge in [0, 0.05) is 32.7 Å². The van der Waals surface area contributed by atoms with Crippen LogP contribution in [0.4, 0.5) is 4.39 Å². The van der Waals surface area contributed by atoms with E-state index in [-0.39, 0.29) is 11.7 Å². The van der Waals surface area contributed by atoms with Gasteiger partial charge in [0.25, 0.3) is 5.91 Å². The fraction of sp³-hybridized carbons (Fsp3) is 0.368. The van der Waals surface area contributed by atoms with Crippen LogP contribution in [0.1, 0.15) is 23.0 Å². The molecular weight excluding hydrogens is 335 g/mol. The van der Waals surface area contributed by atoms with Crippen molar-refractivity contribution in [3.8, 4) is 0 Å². The maximum Gasteiger partial charge on any atom is 0.289 e. The summed E-state index contributed by atoms with van der Waals surface area (Å²) in [5.74, 6) is 0.849. The first-order valence-electron chi connectivity index (χ1n) is 8.78. The summed E-state index contributed by atoms with van der Waals surface area (Å²) >= 11 is 0. The molecule has 0 bridgehead atoms. The van der Waals surface area contributed by atoms with Gasteiger partial charge in [0.05, 0.1) is 12.8 Å². The minimum Gasteiger partial charge on any atom is -0.459 e. The smallest absolute Gasteiger partial charge is 0.289 e. The first-order chi connectivity index (χ1) is 12.7. The summed E-state index contributed by atoms with van der Waals surface area (Å²) in [6, 6.07) is 9.76. The summed E-state index contributed by atoms with van der Waals surface area (Å²) in [6.45, 7) is 5.87. The maximum absolute atomic E-state index is 13.0. The molecule has 1 amide bonds. The van der Waals surface area contributed by atoms with Crippen LogP contribution in [-0.4, -0.2) is 54.4 Å². The number of amides is 1. The molecule has 138 valence electrons. The zero-order valence-electron chi connectivity index (χ0n) is 14.8. The lowest BCUT2D eigenvalue weighted by Crippen LogP contribution is -2.53.